The Morgan fingerprint density at radius 2 is 2.17 bits per heavy atom. The number of benzene rings is 1. The summed E-state index contributed by atoms with van der Waals surface area (Å²) in [6, 6.07) is 9.97. The molecule has 2 atom stereocenters. The van der Waals surface area contributed by atoms with Gasteiger partial charge < -0.3 is 25.2 Å². The van der Waals surface area contributed by atoms with Gasteiger partial charge in [0.2, 0.25) is 5.95 Å². The van der Waals surface area contributed by atoms with Gasteiger partial charge >= 0.3 is 6.09 Å². The van der Waals surface area contributed by atoms with Crippen LogP contribution in [0.15, 0.2) is 24.4 Å². The average molecular weight is 491 g/mol. The van der Waals surface area contributed by atoms with Gasteiger partial charge in [-0.15, -0.1) is 0 Å². The molecule has 10 heteroatoms. The van der Waals surface area contributed by atoms with Gasteiger partial charge in [-0.1, -0.05) is 6.92 Å². The predicted octanol–water partition coefficient (Wildman–Crippen LogP) is 3.19. The maximum absolute atomic E-state index is 11.8. The van der Waals surface area contributed by atoms with Gasteiger partial charge in [0.1, 0.15) is 17.5 Å². The molecule has 36 heavy (non-hydrogen) atoms. The standard InChI is InChI=1S/C26H34N8O2/c1-3-18-12-20(34-17-21-13-22(34)16-32(21)2)6-7-23(18)30-25-29-15-19(14-27)24(31-25)28-8-4-9-33-10-5-11-36-26(33)35/h6-7,12,15,21-22H,3-5,8-11,13,16-17H2,1-2H3,(H2,28,29,30,31)/t21-,22-/m1/s1. The molecule has 3 aliphatic heterocycles. The van der Waals surface area contributed by atoms with Gasteiger partial charge in [0.15, 0.2) is 0 Å². The number of ether oxygens (including phenoxy) is 1. The lowest BCUT2D eigenvalue weighted by molar-refractivity contribution is 0.0729. The van der Waals surface area contributed by atoms with Gasteiger partial charge in [-0.2, -0.15) is 10.2 Å². The van der Waals surface area contributed by atoms with E-state index < -0.39 is 0 Å². The van der Waals surface area contributed by atoms with E-state index >= 15 is 0 Å². The minimum atomic E-state index is -0.255. The summed E-state index contributed by atoms with van der Waals surface area (Å²) in [4.78, 5) is 27.4. The Morgan fingerprint density at radius 1 is 1.28 bits per heavy atom. The lowest BCUT2D eigenvalue weighted by atomic mass is 10.1. The van der Waals surface area contributed by atoms with Crippen molar-refractivity contribution in [3.63, 3.8) is 0 Å². The van der Waals surface area contributed by atoms with Crippen molar-refractivity contribution in [2.45, 2.75) is 44.7 Å². The summed E-state index contributed by atoms with van der Waals surface area (Å²) in [5.41, 5.74) is 3.85. The van der Waals surface area contributed by atoms with Gasteiger partial charge in [0, 0.05) is 56.2 Å². The highest BCUT2D eigenvalue weighted by Crippen LogP contribution is 2.35. The van der Waals surface area contributed by atoms with Crippen molar-refractivity contribution in [2.75, 3.05) is 61.9 Å². The van der Waals surface area contributed by atoms with Gasteiger partial charge in [0.25, 0.3) is 0 Å². The molecular formula is C26H34N8O2. The molecule has 0 radical (unpaired) electrons. The molecule has 190 valence electrons. The van der Waals surface area contributed by atoms with Crippen LogP contribution in [-0.2, 0) is 11.2 Å². The smallest absolute Gasteiger partial charge is 0.409 e. The van der Waals surface area contributed by atoms with E-state index in [-0.39, 0.29) is 6.09 Å². The Morgan fingerprint density at radius 3 is 2.89 bits per heavy atom. The number of aromatic nitrogens is 2. The van der Waals surface area contributed by atoms with Crippen LogP contribution in [0.1, 0.15) is 37.3 Å². The molecule has 0 spiro atoms. The number of nitriles is 1. The molecule has 4 heterocycles. The van der Waals surface area contributed by atoms with Crippen LogP contribution in [0, 0.1) is 11.3 Å². The molecule has 0 unspecified atom stereocenters. The summed E-state index contributed by atoms with van der Waals surface area (Å²) in [6.07, 6.45) is 5.00. The number of nitrogens with zero attached hydrogens (tertiary/aromatic N) is 6. The molecular weight excluding hydrogens is 456 g/mol. The number of nitrogens with one attached hydrogen (secondary N) is 2. The van der Waals surface area contributed by atoms with Crippen molar-refractivity contribution in [3.8, 4) is 6.07 Å². The Kier molecular flexibility index (Phi) is 7.09. The van der Waals surface area contributed by atoms with E-state index in [1.807, 2.05) is 0 Å². The van der Waals surface area contributed by atoms with Gasteiger partial charge in [-0.05, 0) is 56.5 Å². The number of fused-ring (bicyclic) bond motifs is 2. The number of carbonyl (C=O) groups excluding carboxylic acids is 1. The van der Waals surface area contributed by atoms with E-state index in [2.05, 4.69) is 68.6 Å². The number of anilines is 4. The first-order chi connectivity index (χ1) is 17.6. The molecule has 3 fully saturated rings. The van der Waals surface area contributed by atoms with Crippen LogP contribution in [0.25, 0.3) is 0 Å². The van der Waals surface area contributed by atoms with Crippen LogP contribution in [0.3, 0.4) is 0 Å². The molecule has 10 nitrogen and oxygen atoms in total. The number of likely N-dealkylation sites (tertiary alicyclic amines) is 1. The number of amides is 1. The van der Waals surface area contributed by atoms with Gasteiger partial charge in [-0.3, -0.25) is 4.90 Å². The minimum absolute atomic E-state index is 0.255. The molecule has 3 aliphatic rings. The van der Waals surface area contributed by atoms with E-state index in [9.17, 15) is 10.1 Å². The zero-order chi connectivity index (χ0) is 25.1. The van der Waals surface area contributed by atoms with Crippen molar-refractivity contribution in [3.05, 3.63) is 35.5 Å². The molecule has 2 N–H and O–H groups in total. The van der Waals surface area contributed by atoms with E-state index in [4.69, 9.17) is 4.74 Å². The fourth-order valence-corrected chi connectivity index (χ4v) is 5.41. The number of hydrogen-bond acceptors (Lipinski definition) is 9. The third-order valence-corrected chi connectivity index (χ3v) is 7.42. The second kappa shape index (κ2) is 10.6. The summed E-state index contributed by atoms with van der Waals surface area (Å²) in [6.45, 7) is 6.77. The normalized spacial score (nSPS) is 21.4. The zero-order valence-electron chi connectivity index (χ0n) is 21.0. The van der Waals surface area contributed by atoms with E-state index in [0.29, 0.717) is 49.1 Å². The molecule has 2 aromatic rings. The summed E-state index contributed by atoms with van der Waals surface area (Å²) in [5.74, 6) is 0.934. The summed E-state index contributed by atoms with van der Waals surface area (Å²) in [5, 5.41) is 16.1. The van der Waals surface area contributed by atoms with E-state index in [1.54, 1.807) is 4.90 Å². The quantitative estimate of drug-likeness (QED) is 0.512. The van der Waals surface area contributed by atoms with E-state index in [0.717, 1.165) is 44.6 Å². The lowest BCUT2D eigenvalue weighted by Gasteiger charge is -2.34. The number of likely N-dealkylation sites (N-methyl/N-ethyl adjacent to an activating group) is 1. The van der Waals surface area contributed by atoms with Crippen LogP contribution in [0.5, 0.6) is 0 Å². The lowest BCUT2D eigenvalue weighted by Crippen LogP contribution is -2.44. The Labute approximate surface area is 212 Å². The molecule has 1 aromatic carbocycles. The number of cyclic esters (lactones) is 1. The highest BCUT2D eigenvalue weighted by Gasteiger charge is 2.41. The van der Waals surface area contributed by atoms with Crippen LogP contribution in [-0.4, -0.2) is 84.3 Å². The molecule has 5 rings (SSSR count). The van der Waals surface area contributed by atoms with E-state index in [1.165, 1.54) is 23.9 Å². The molecule has 1 aromatic heterocycles. The van der Waals surface area contributed by atoms with Crippen molar-refractivity contribution >= 4 is 29.2 Å². The SMILES string of the molecule is CCc1cc(N2C[C@H]3C[C@@H]2CN3C)ccc1Nc1ncc(C#N)c(NCCCN2CCCOC2=O)n1. The van der Waals surface area contributed by atoms with Crippen LogP contribution >= 0.6 is 0 Å². The van der Waals surface area contributed by atoms with Crippen LogP contribution in [0.4, 0.5) is 27.9 Å². The van der Waals surface area contributed by atoms with Gasteiger partial charge in [-0.25, -0.2) is 9.78 Å². The highest BCUT2D eigenvalue weighted by molar-refractivity contribution is 5.68. The number of piperazine rings is 1. The highest BCUT2D eigenvalue weighted by atomic mass is 16.6. The number of rotatable bonds is 9. The van der Waals surface area contributed by atoms with Crippen LogP contribution in [0.2, 0.25) is 0 Å². The van der Waals surface area contributed by atoms with Crippen LogP contribution < -0.4 is 15.5 Å². The Balaban J connectivity index is 1.23. The first-order valence-corrected chi connectivity index (χ1v) is 12.8. The summed E-state index contributed by atoms with van der Waals surface area (Å²) in [7, 11) is 2.22. The zero-order valence-corrected chi connectivity index (χ0v) is 21.0. The first kappa shape index (κ1) is 24.1. The second-order valence-electron chi connectivity index (χ2n) is 9.76. The number of hydrogen-bond donors (Lipinski definition) is 2. The summed E-state index contributed by atoms with van der Waals surface area (Å²) < 4.78 is 5.08. The number of aryl methyl sites for hydroxylation is 1. The van der Waals surface area contributed by atoms with Gasteiger partial charge in [0.05, 0.1) is 12.8 Å². The minimum Gasteiger partial charge on any atom is -0.449 e. The maximum atomic E-state index is 11.8. The van der Waals surface area contributed by atoms with Crippen molar-refractivity contribution < 1.29 is 9.53 Å². The Bertz CT molecular complexity index is 1150. The summed E-state index contributed by atoms with van der Waals surface area (Å²) >= 11 is 0. The fraction of sp³-hybridized carbons (Fsp3) is 0.538. The largest absolute Gasteiger partial charge is 0.449 e. The molecule has 3 saturated heterocycles. The van der Waals surface area contributed by atoms with Crippen molar-refractivity contribution in [1.29, 1.82) is 5.26 Å². The molecule has 1 amide bonds. The third-order valence-electron chi connectivity index (χ3n) is 7.42. The first-order valence-electron chi connectivity index (χ1n) is 12.8. The monoisotopic (exact) mass is 490 g/mol. The number of carbonyl (C=O) groups is 1. The second-order valence-corrected chi connectivity index (χ2v) is 9.76. The Hall–Kier alpha value is -3.58. The van der Waals surface area contributed by atoms with Crippen molar-refractivity contribution in [2.24, 2.45) is 0 Å². The maximum Gasteiger partial charge on any atom is 0.409 e. The molecule has 0 aliphatic carbocycles. The predicted molar refractivity (Wildman–Crippen MR) is 139 cm³/mol. The molecule has 2 bridgehead atoms. The third kappa shape index (κ3) is 5.02. The fourth-order valence-electron chi connectivity index (χ4n) is 5.41. The molecule has 0 saturated carbocycles. The average Bonchev–Trinajstić information content (AvgIpc) is 3.48. The topological polar surface area (TPSA) is 110 Å². The van der Waals surface area contributed by atoms with Crippen molar-refractivity contribution in [1.82, 2.24) is 19.8 Å².